The first-order valence-corrected chi connectivity index (χ1v) is 9.17. The zero-order valence-corrected chi connectivity index (χ0v) is 14.8. The number of aromatic nitrogens is 3. The second-order valence-corrected chi connectivity index (χ2v) is 7.13. The number of anilines is 2. The standard InChI is InChI=1S/C20H21N5O/c1-23-13-22-18-15(9-10-21-19(18)23)20(26)25-12-14-6-4-5-11-24(14)16-7-2-3-8-17(16)25/h2-3,7-10,13-14H,4-6,11-12H2,1H3. The predicted molar refractivity (Wildman–Crippen MR) is 102 cm³/mol. The second-order valence-electron chi connectivity index (χ2n) is 7.13. The minimum Gasteiger partial charge on any atom is -0.365 e. The maximum Gasteiger partial charge on any atom is 0.260 e. The third-order valence-corrected chi connectivity index (χ3v) is 5.58. The Balaban J connectivity index is 1.61. The summed E-state index contributed by atoms with van der Waals surface area (Å²) in [7, 11) is 1.90. The van der Waals surface area contributed by atoms with Crippen LogP contribution in [0.3, 0.4) is 0 Å². The molecule has 0 bridgehead atoms. The summed E-state index contributed by atoms with van der Waals surface area (Å²) in [5.74, 6) is 0.00812. The molecule has 1 saturated heterocycles. The van der Waals surface area contributed by atoms with Gasteiger partial charge in [-0.05, 0) is 37.5 Å². The summed E-state index contributed by atoms with van der Waals surface area (Å²) < 4.78 is 1.85. The van der Waals surface area contributed by atoms with Crippen molar-refractivity contribution in [1.82, 2.24) is 14.5 Å². The van der Waals surface area contributed by atoms with Crippen molar-refractivity contribution in [3.8, 4) is 0 Å². The van der Waals surface area contributed by atoms with E-state index in [2.05, 4.69) is 33.1 Å². The van der Waals surface area contributed by atoms with Crippen molar-refractivity contribution < 1.29 is 4.79 Å². The van der Waals surface area contributed by atoms with Gasteiger partial charge in [0, 0.05) is 32.4 Å². The number of rotatable bonds is 1. The topological polar surface area (TPSA) is 54.3 Å². The summed E-state index contributed by atoms with van der Waals surface area (Å²) in [6.45, 7) is 1.80. The van der Waals surface area contributed by atoms with Crippen LogP contribution in [-0.2, 0) is 7.05 Å². The highest BCUT2D eigenvalue weighted by Gasteiger charge is 2.35. The summed E-state index contributed by atoms with van der Waals surface area (Å²) >= 11 is 0. The number of benzene rings is 1. The number of amides is 1. The summed E-state index contributed by atoms with van der Waals surface area (Å²) in [5, 5.41) is 0. The van der Waals surface area contributed by atoms with E-state index in [1.54, 1.807) is 18.6 Å². The fourth-order valence-corrected chi connectivity index (χ4v) is 4.29. The zero-order chi connectivity index (χ0) is 17.7. The van der Waals surface area contributed by atoms with E-state index in [4.69, 9.17) is 0 Å². The first-order valence-electron chi connectivity index (χ1n) is 9.17. The average Bonchev–Trinajstić information content (AvgIpc) is 3.08. The SMILES string of the molecule is Cn1cnc2c(C(=O)N3CC4CCCCN4c4ccccc43)ccnc21. The molecule has 5 rings (SSSR count). The Labute approximate surface area is 152 Å². The third kappa shape index (κ3) is 2.21. The fraction of sp³-hybridized carbons (Fsp3) is 0.350. The van der Waals surface area contributed by atoms with Crippen molar-refractivity contribution in [1.29, 1.82) is 0 Å². The van der Waals surface area contributed by atoms with Crippen LogP contribution in [-0.4, -0.2) is 39.6 Å². The van der Waals surface area contributed by atoms with E-state index >= 15 is 0 Å². The van der Waals surface area contributed by atoms with Crippen LogP contribution in [0.4, 0.5) is 11.4 Å². The molecule has 3 aromatic rings. The molecule has 6 heteroatoms. The molecule has 26 heavy (non-hydrogen) atoms. The van der Waals surface area contributed by atoms with E-state index in [0.29, 0.717) is 17.1 Å². The largest absolute Gasteiger partial charge is 0.365 e. The Morgan fingerprint density at radius 2 is 1.96 bits per heavy atom. The first kappa shape index (κ1) is 15.4. The number of fused-ring (bicyclic) bond motifs is 4. The van der Waals surface area contributed by atoms with Gasteiger partial charge in [-0.3, -0.25) is 4.79 Å². The normalized spacial score (nSPS) is 19.3. The lowest BCUT2D eigenvalue weighted by Gasteiger charge is -2.46. The average molecular weight is 347 g/mol. The number of carbonyl (C=O) groups is 1. The summed E-state index contributed by atoms with van der Waals surface area (Å²) in [6, 6.07) is 10.4. The molecule has 1 unspecified atom stereocenters. The molecule has 1 amide bonds. The van der Waals surface area contributed by atoms with Gasteiger partial charge >= 0.3 is 0 Å². The number of hydrogen-bond donors (Lipinski definition) is 0. The van der Waals surface area contributed by atoms with Gasteiger partial charge in [0.2, 0.25) is 0 Å². The van der Waals surface area contributed by atoms with Gasteiger partial charge in [0.15, 0.2) is 5.65 Å². The molecule has 2 aliphatic rings. The van der Waals surface area contributed by atoms with Gasteiger partial charge in [0.05, 0.1) is 23.3 Å². The Morgan fingerprint density at radius 3 is 2.85 bits per heavy atom. The van der Waals surface area contributed by atoms with Gasteiger partial charge < -0.3 is 14.4 Å². The van der Waals surface area contributed by atoms with E-state index in [1.807, 2.05) is 22.6 Å². The molecule has 0 aliphatic carbocycles. The Bertz CT molecular complexity index is 995. The Morgan fingerprint density at radius 1 is 1.12 bits per heavy atom. The number of imidazole rings is 1. The van der Waals surface area contributed by atoms with Crippen LogP contribution in [0.25, 0.3) is 11.2 Å². The number of piperidine rings is 1. The summed E-state index contributed by atoms with van der Waals surface area (Å²) in [4.78, 5) is 26.7. The van der Waals surface area contributed by atoms with Gasteiger partial charge in [0.25, 0.3) is 5.91 Å². The van der Waals surface area contributed by atoms with Crippen molar-refractivity contribution in [3.63, 3.8) is 0 Å². The molecule has 4 heterocycles. The van der Waals surface area contributed by atoms with Crippen LogP contribution in [0.2, 0.25) is 0 Å². The molecule has 0 spiro atoms. The molecule has 1 fully saturated rings. The van der Waals surface area contributed by atoms with Crippen molar-refractivity contribution in [2.24, 2.45) is 7.05 Å². The molecule has 1 aromatic carbocycles. The lowest BCUT2D eigenvalue weighted by molar-refractivity contribution is 0.0984. The van der Waals surface area contributed by atoms with Gasteiger partial charge in [-0.15, -0.1) is 0 Å². The molecule has 2 aliphatic heterocycles. The van der Waals surface area contributed by atoms with Gasteiger partial charge in [0.1, 0.15) is 5.52 Å². The summed E-state index contributed by atoms with van der Waals surface area (Å²) in [6.07, 6.45) is 6.98. The van der Waals surface area contributed by atoms with Crippen LogP contribution in [0, 0.1) is 0 Å². The predicted octanol–water partition coefficient (Wildman–Crippen LogP) is 2.99. The van der Waals surface area contributed by atoms with Crippen LogP contribution >= 0.6 is 0 Å². The van der Waals surface area contributed by atoms with Gasteiger partial charge in [-0.1, -0.05) is 12.1 Å². The second kappa shape index (κ2) is 5.83. The van der Waals surface area contributed by atoms with Crippen LogP contribution < -0.4 is 9.80 Å². The first-order chi connectivity index (χ1) is 12.7. The fourth-order valence-electron chi connectivity index (χ4n) is 4.29. The maximum absolute atomic E-state index is 13.5. The van der Waals surface area contributed by atoms with Crippen molar-refractivity contribution in [2.45, 2.75) is 25.3 Å². The molecular formula is C20H21N5O. The number of aryl methyl sites for hydroxylation is 1. The molecule has 132 valence electrons. The maximum atomic E-state index is 13.5. The number of carbonyl (C=O) groups excluding carboxylic acids is 1. The Hall–Kier alpha value is -2.89. The molecule has 2 aromatic heterocycles. The molecule has 0 saturated carbocycles. The highest BCUT2D eigenvalue weighted by atomic mass is 16.2. The zero-order valence-electron chi connectivity index (χ0n) is 14.8. The van der Waals surface area contributed by atoms with E-state index in [-0.39, 0.29) is 5.91 Å². The molecule has 0 N–H and O–H groups in total. The van der Waals surface area contributed by atoms with Gasteiger partial charge in [-0.25, -0.2) is 9.97 Å². The molecule has 6 nitrogen and oxygen atoms in total. The minimum atomic E-state index is 0.00812. The van der Waals surface area contributed by atoms with E-state index < -0.39 is 0 Å². The lowest BCUT2D eigenvalue weighted by atomic mass is 9.96. The van der Waals surface area contributed by atoms with Crippen LogP contribution in [0.1, 0.15) is 29.6 Å². The number of nitrogens with zero attached hydrogens (tertiary/aromatic N) is 5. The Kier molecular flexibility index (Phi) is 3.45. The van der Waals surface area contributed by atoms with Crippen LogP contribution in [0.15, 0.2) is 42.9 Å². The molecular weight excluding hydrogens is 326 g/mol. The van der Waals surface area contributed by atoms with Crippen molar-refractivity contribution in [3.05, 3.63) is 48.4 Å². The monoisotopic (exact) mass is 347 g/mol. The number of pyridine rings is 1. The highest BCUT2D eigenvalue weighted by Crippen LogP contribution is 2.39. The van der Waals surface area contributed by atoms with E-state index in [1.165, 1.54) is 18.5 Å². The minimum absolute atomic E-state index is 0.00812. The van der Waals surface area contributed by atoms with Gasteiger partial charge in [-0.2, -0.15) is 0 Å². The smallest absolute Gasteiger partial charge is 0.260 e. The quantitative estimate of drug-likeness (QED) is 0.679. The van der Waals surface area contributed by atoms with Crippen molar-refractivity contribution in [2.75, 3.05) is 22.9 Å². The lowest BCUT2D eigenvalue weighted by Crippen LogP contribution is -2.53. The van der Waals surface area contributed by atoms with E-state index in [0.717, 1.165) is 30.8 Å². The highest BCUT2D eigenvalue weighted by molar-refractivity contribution is 6.13. The van der Waals surface area contributed by atoms with E-state index in [9.17, 15) is 4.79 Å². The molecule has 0 radical (unpaired) electrons. The third-order valence-electron chi connectivity index (χ3n) is 5.58. The summed E-state index contributed by atoms with van der Waals surface area (Å²) in [5.41, 5.74) is 4.19. The number of hydrogen-bond acceptors (Lipinski definition) is 4. The number of para-hydroxylation sites is 2. The van der Waals surface area contributed by atoms with Crippen LogP contribution in [0.5, 0.6) is 0 Å². The molecule has 1 atom stereocenters. The van der Waals surface area contributed by atoms with Crippen molar-refractivity contribution >= 4 is 28.4 Å².